The summed E-state index contributed by atoms with van der Waals surface area (Å²) in [5.41, 5.74) is -2.60. The van der Waals surface area contributed by atoms with Crippen molar-refractivity contribution >= 4 is 12.2 Å². The van der Waals surface area contributed by atoms with Crippen LogP contribution in [-0.4, -0.2) is 52.1 Å². The van der Waals surface area contributed by atoms with E-state index in [1.165, 1.54) is 12.1 Å². The van der Waals surface area contributed by atoms with Gasteiger partial charge in [-0.3, -0.25) is 0 Å². The number of carbonyl (C=O) groups excluding carboxylic acids is 2. The van der Waals surface area contributed by atoms with E-state index in [0.29, 0.717) is 6.07 Å². The van der Waals surface area contributed by atoms with Gasteiger partial charge in [-0.05, 0) is 83.4 Å². The molecule has 0 fully saturated rings. The van der Waals surface area contributed by atoms with Crippen LogP contribution in [0.25, 0.3) is 0 Å². The van der Waals surface area contributed by atoms with Crippen molar-refractivity contribution in [3.05, 3.63) is 70.8 Å². The first-order valence-corrected chi connectivity index (χ1v) is 12.5. The number of alkyl carbamates (subject to hydrolysis) is 1. The lowest BCUT2D eigenvalue weighted by Gasteiger charge is -2.32. The number of ether oxygens (including phenoxy) is 2. The van der Waals surface area contributed by atoms with Crippen LogP contribution < -0.4 is 5.32 Å². The zero-order valence-electron chi connectivity index (χ0n) is 23.2. The highest BCUT2D eigenvalue weighted by atomic mass is 19.4. The highest BCUT2D eigenvalue weighted by Gasteiger charge is 2.33. The van der Waals surface area contributed by atoms with Gasteiger partial charge in [0.2, 0.25) is 0 Å². The third-order valence-electron chi connectivity index (χ3n) is 5.23. The van der Waals surface area contributed by atoms with Crippen LogP contribution in [0.3, 0.4) is 0 Å². The number of alkyl halides is 3. The third-order valence-corrected chi connectivity index (χ3v) is 5.23. The van der Waals surface area contributed by atoms with Gasteiger partial charge in [0.15, 0.2) is 0 Å². The third kappa shape index (κ3) is 11.4. The minimum atomic E-state index is -4.62. The first-order chi connectivity index (χ1) is 18.2. The highest BCUT2D eigenvalue weighted by Crippen LogP contribution is 2.30. The average Bonchev–Trinajstić information content (AvgIpc) is 2.74. The maximum Gasteiger partial charge on any atom is 0.416 e. The molecule has 222 valence electrons. The van der Waals surface area contributed by atoms with Crippen LogP contribution in [0.2, 0.25) is 0 Å². The van der Waals surface area contributed by atoms with Crippen molar-refractivity contribution in [2.45, 2.75) is 84.0 Å². The predicted molar refractivity (Wildman–Crippen MR) is 137 cm³/mol. The molecule has 2 aromatic rings. The van der Waals surface area contributed by atoms with Crippen molar-refractivity contribution in [3.63, 3.8) is 0 Å². The van der Waals surface area contributed by atoms with E-state index in [2.05, 4.69) is 5.32 Å². The van der Waals surface area contributed by atoms with E-state index in [0.717, 1.165) is 29.2 Å². The van der Waals surface area contributed by atoms with E-state index in [9.17, 15) is 36.6 Å². The van der Waals surface area contributed by atoms with Gasteiger partial charge in [-0.1, -0.05) is 12.1 Å². The molecule has 7 nitrogen and oxygen atoms in total. The molecule has 0 aliphatic carbocycles. The van der Waals surface area contributed by atoms with Gasteiger partial charge in [-0.25, -0.2) is 18.4 Å². The van der Waals surface area contributed by atoms with Crippen molar-refractivity contribution in [3.8, 4) is 0 Å². The Kier molecular flexibility index (Phi) is 10.5. The number of aliphatic hydroxyl groups is 1. The predicted octanol–water partition coefficient (Wildman–Crippen LogP) is 6.22. The van der Waals surface area contributed by atoms with Gasteiger partial charge < -0.3 is 24.8 Å². The number of hydrogen-bond donors (Lipinski definition) is 2. The lowest BCUT2D eigenvalue weighted by Crippen LogP contribution is -2.51. The van der Waals surface area contributed by atoms with Gasteiger partial charge in [-0.2, -0.15) is 13.2 Å². The molecular formula is C28H35F5N2O5. The Balaban J connectivity index is 2.39. The summed E-state index contributed by atoms with van der Waals surface area (Å²) < 4.78 is 78.1. The van der Waals surface area contributed by atoms with E-state index in [4.69, 9.17) is 9.47 Å². The summed E-state index contributed by atoms with van der Waals surface area (Å²) in [6.07, 6.45) is -8.31. The van der Waals surface area contributed by atoms with Gasteiger partial charge >= 0.3 is 18.4 Å². The molecule has 0 aliphatic rings. The van der Waals surface area contributed by atoms with E-state index >= 15 is 0 Å². The Morgan fingerprint density at radius 1 is 0.900 bits per heavy atom. The lowest BCUT2D eigenvalue weighted by atomic mass is 10.00. The number of halogens is 5. The molecule has 0 saturated heterocycles. The normalized spacial score (nSPS) is 13.8. The Morgan fingerprint density at radius 3 is 2.00 bits per heavy atom. The summed E-state index contributed by atoms with van der Waals surface area (Å²) in [4.78, 5) is 26.5. The zero-order chi connectivity index (χ0) is 30.5. The van der Waals surface area contributed by atoms with E-state index < -0.39 is 65.5 Å². The fourth-order valence-corrected chi connectivity index (χ4v) is 3.67. The summed E-state index contributed by atoms with van der Waals surface area (Å²) in [5.74, 6) is -1.75. The van der Waals surface area contributed by atoms with Crippen LogP contribution in [-0.2, 0) is 28.6 Å². The van der Waals surface area contributed by atoms with Crippen LogP contribution in [0.15, 0.2) is 42.5 Å². The number of aliphatic hydroxyl groups excluding tert-OH is 1. The lowest BCUT2D eigenvalue weighted by molar-refractivity contribution is -0.137. The fourth-order valence-electron chi connectivity index (χ4n) is 3.67. The molecule has 0 aliphatic heterocycles. The first kappa shape index (κ1) is 32.8. The molecule has 0 bridgehead atoms. The molecule has 0 radical (unpaired) electrons. The molecule has 0 aromatic heterocycles. The first-order valence-electron chi connectivity index (χ1n) is 12.5. The molecule has 2 rings (SSSR count). The fraction of sp³-hybridized carbons (Fsp3) is 0.500. The number of amides is 2. The number of hydrogen-bond acceptors (Lipinski definition) is 5. The van der Waals surface area contributed by atoms with Gasteiger partial charge in [0.05, 0.1) is 24.3 Å². The summed E-state index contributed by atoms with van der Waals surface area (Å²) >= 11 is 0. The quantitative estimate of drug-likeness (QED) is 0.366. The zero-order valence-corrected chi connectivity index (χ0v) is 23.2. The number of nitrogens with one attached hydrogen (secondary N) is 1. The van der Waals surface area contributed by atoms with Crippen LogP contribution in [0, 0.1) is 11.6 Å². The molecule has 2 amide bonds. The number of carbonyl (C=O) groups is 2. The molecule has 2 N–H and O–H groups in total. The molecule has 2 aromatic carbocycles. The Bertz CT molecular complexity index is 1150. The topological polar surface area (TPSA) is 88.1 Å². The standard InChI is InChI=1S/C28H35F5N2O5/c1-26(2,3)39-24(37)34-22(13-18-11-20(29)14-21(30)12-18)23(36)16-35(25(38)40-27(4,5)6)15-17-8-7-9-19(10-17)28(31,32)33/h7-12,14,22-23,36H,13,15-16H2,1-6H3,(H,34,37)/t22-,23+/m0/s1. The smallest absolute Gasteiger partial charge is 0.416 e. The second-order valence-electron chi connectivity index (χ2n) is 11.4. The van der Waals surface area contributed by atoms with Crippen LogP contribution >= 0.6 is 0 Å². The van der Waals surface area contributed by atoms with Crippen LogP contribution in [0.1, 0.15) is 58.2 Å². The summed E-state index contributed by atoms with van der Waals surface area (Å²) in [6, 6.07) is 5.81. The minimum absolute atomic E-state index is 0.0966. The molecule has 40 heavy (non-hydrogen) atoms. The Hall–Kier alpha value is -3.41. The van der Waals surface area contributed by atoms with Gasteiger partial charge in [-0.15, -0.1) is 0 Å². The number of nitrogens with zero attached hydrogens (tertiary/aromatic N) is 1. The maximum absolute atomic E-state index is 13.8. The van der Waals surface area contributed by atoms with Crippen molar-refractivity contribution in [1.82, 2.24) is 10.2 Å². The Morgan fingerprint density at radius 2 is 1.48 bits per heavy atom. The summed E-state index contributed by atoms with van der Waals surface area (Å²) in [6.45, 7) is 8.73. The molecule has 0 spiro atoms. The SMILES string of the molecule is CC(C)(C)OC(=O)N[C@@H](Cc1cc(F)cc(F)c1)[C@H](O)CN(Cc1cccc(C(F)(F)F)c1)C(=O)OC(C)(C)C. The molecule has 2 atom stereocenters. The van der Waals surface area contributed by atoms with Crippen LogP contribution in [0.5, 0.6) is 0 Å². The number of rotatable bonds is 8. The average molecular weight is 575 g/mol. The molecule has 0 heterocycles. The van der Waals surface area contributed by atoms with Gasteiger partial charge in [0.25, 0.3) is 0 Å². The molecule has 12 heteroatoms. The van der Waals surface area contributed by atoms with Crippen molar-refractivity contribution in [2.75, 3.05) is 6.54 Å². The van der Waals surface area contributed by atoms with Gasteiger partial charge in [0.1, 0.15) is 22.8 Å². The maximum atomic E-state index is 13.8. The van der Waals surface area contributed by atoms with Crippen LogP contribution in [0.4, 0.5) is 31.5 Å². The summed E-state index contributed by atoms with van der Waals surface area (Å²) in [5, 5.41) is 13.6. The molecular weight excluding hydrogens is 539 g/mol. The van der Waals surface area contributed by atoms with E-state index in [-0.39, 0.29) is 24.1 Å². The second-order valence-corrected chi connectivity index (χ2v) is 11.4. The monoisotopic (exact) mass is 574 g/mol. The van der Waals surface area contributed by atoms with E-state index in [1.807, 2.05) is 0 Å². The molecule has 0 unspecified atom stereocenters. The number of benzene rings is 2. The largest absolute Gasteiger partial charge is 0.444 e. The van der Waals surface area contributed by atoms with Gasteiger partial charge in [0, 0.05) is 12.6 Å². The van der Waals surface area contributed by atoms with Crippen molar-refractivity contribution in [2.24, 2.45) is 0 Å². The second kappa shape index (κ2) is 12.8. The Labute approximate surface area is 230 Å². The summed E-state index contributed by atoms with van der Waals surface area (Å²) in [7, 11) is 0. The van der Waals surface area contributed by atoms with E-state index in [1.54, 1.807) is 41.5 Å². The highest BCUT2D eigenvalue weighted by molar-refractivity contribution is 5.69. The molecule has 0 saturated carbocycles. The van der Waals surface area contributed by atoms with Crippen molar-refractivity contribution < 1.29 is 46.1 Å². The minimum Gasteiger partial charge on any atom is -0.444 e. The van der Waals surface area contributed by atoms with Crippen molar-refractivity contribution in [1.29, 1.82) is 0 Å².